The van der Waals surface area contributed by atoms with E-state index in [-0.39, 0.29) is 23.9 Å². The van der Waals surface area contributed by atoms with Crippen molar-refractivity contribution in [3.63, 3.8) is 0 Å². The van der Waals surface area contributed by atoms with Gasteiger partial charge < -0.3 is 20.2 Å². The van der Waals surface area contributed by atoms with Gasteiger partial charge in [-0.25, -0.2) is 4.79 Å². The van der Waals surface area contributed by atoms with Gasteiger partial charge in [-0.2, -0.15) is 0 Å². The third-order valence-corrected chi connectivity index (χ3v) is 4.07. The molecule has 0 radical (unpaired) electrons. The molecule has 1 fully saturated rings. The number of carbonyl (C=O) groups is 2. The van der Waals surface area contributed by atoms with Gasteiger partial charge in [0.15, 0.2) is 0 Å². The number of aliphatic carboxylic acids is 1. The van der Waals surface area contributed by atoms with Gasteiger partial charge in [0.05, 0.1) is 18.2 Å². The van der Waals surface area contributed by atoms with E-state index in [9.17, 15) is 14.7 Å². The second-order valence-corrected chi connectivity index (χ2v) is 5.58. The van der Waals surface area contributed by atoms with E-state index in [1.54, 1.807) is 18.4 Å². The van der Waals surface area contributed by atoms with Crippen molar-refractivity contribution in [1.29, 1.82) is 0 Å². The molecule has 0 bridgehead atoms. The molecule has 1 aliphatic rings. The number of nitrogens with one attached hydrogen (secondary N) is 2. The second-order valence-electron chi connectivity index (χ2n) is 5.58. The van der Waals surface area contributed by atoms with Crippen LogP contribution in [0.25, 0.3) is 0 Å². The highest BCUT2D eigenvalue weighted by molar-refractivity contribution is 5.74. The van der Waals surface area contributed by atoms with E-state index in [4.69, 9.17) is 4.42 Å². The molecule has 1 saturated carbocycles. The highest BCUT2D eigenvalue weighted by Crippen LogP contribution is 2.29. The molecule has 0 aromatic carbocycles. The van der Waals surface area contributed by atoms with Crippen molar-refractivity contribution in [3.8, 4) is 0 Å². The summed E-state index contributed by atoms with van der Waals surface area (Å²) in [7, 11) is 0. The van der Waals surface area contributed by atoms with Crippen molar-refractivity contribution in [2.75, 3.05) is 6.54 Å². The first-order valence-electron chi connectivity index (χ1n) is 7.38. The quantitative estimate of drug-likeness (QED) is 0.778. The average molecular weight is 294 g/mol. The first-order valence-corrected chi connectivity index (χ1v) is 7.38. The topological polar surface area (TPSA) is 91.6 Å². The first kappa shape index (κ1) is 15.4. The molecule has 6 nitrogen and oxygen atoms in total. The molecular weight excluding hydrogens is 272 g/mol. The molecule has 3 unspecified atom stereocenters. The lowest BCUT2D eigenvalue weighted by molar-refractivity contribution is -0.144. The number of furan rings is 1. The molecule has 1 aromatic rings. The van der Waals surface area contributed by atoms with Crippen molar-refractivity contribution >= 4 is 12.0 Å². The van der Waals surface area contributed by atoms with E-state index >= 15 is 0 Å². The Labute approximate surface area is 123 Å². The summed E-state index contributed by atoms with van der Waals surface area (Å²) in [6.45, 7) is 2.23. The number of rotatable bonds is 5. The fourth-order valence-electron chi connectivity index (χ4n) is 2.86. The molecule has 0 aliphatic heterocycles. The lowest BCUT2D eigenvalue weighted by atomic mass is 9.79. The van der Waals surface area contributed by atoms with Gasteiger partial charge in [0, 0.05) is 6.54 Å². The van der Waals surface area contributed by atoms with Gasteiger partial charge in [-0.15, -0.1) is 0 Å². The Morgan fingerprint density at radius 3 is 2.86 bits per heavy atom. The van der Waals surface area contributed by atoms with Crippen LogP contribution in [0.15, 0.2) is 22.8 Å². The van der Waals surface area contributed by atoms with E-state index in [0.29, 0.717) is 18.7 Å². The minimum Gasteiger partial charge on any atom is -0.481 e. The van der Waals surface area contributed by atoms with Crippen molar-refractivity contribution in [2.45, 2.75) is 38.6 Å². The molecule has 6 heteroatoms. The minimum absolute atomic E-state index is 0.0147. The zero-order valence-corrected chi connectivity index (χ0v) is 12.2. The van der Waals surface area contributed by atoms with Crippen molar-refractivity contribution in [3.05, 3.63) is 24.2 Å². The van der Waals surface area contributed by atoms with Gasteiger partial charge in [-0.3, -0.25) is 4.79 Å². The highest BCUT2D eigenvalue weighted by atomic mass is 16.4. The SMILES string of the molecule is CC(NC(=O)NCC1CCCCC1C(=O)O)c1ccco1. The zero-order chi connectivity index (χ0) is 15.2. The fourth-order valence-corrected chi connectivity index (χ4v) is 2.86. The number of urea groups is 1. The van der Waals surface area contributed by atoms with Crippen molar-refractivity contribution < 1.29 is 19.1 Å². The van der Waals surface area contributed by atoms with E-state index in [2.05, 4.69) is 10.6 Å². The third-order valence-electron chi connectivity index (χ3n) is 4.07. The van der Waals surface area contributed by atoms with Crippen LogP contribution in [0, 0.1) is 11.8 Å². The molecule has 116 valence electrons. The minimum atomic E-state index is -0.758. The molecule has 0 spiro atoms. The van der Waals surface area contributed by atoms with Crippen molar-refractivity contribution in [1.82, 2.24) is 10.6 Å². The Kier molecular flexibility index (Phi) is 5.25. The monoisotopic (exact) mass is 294 g/mol. The van der Waals surface area contributed by atoms with Crippen LogP contribution in [0.4, 0.5) is 4.79 Å². The summed E-state index contributed by atoms with van der Waals surface area (Å²) in [6.07, 6.45) is 5.09. The molecule has 1 aromatic heterocycles. The molecule has 3 N–H and O–H groups in total. The molecular formula is C15H22N2O4. The van der Waals surface area contributed by atoms with E-state index in [1.807, 2.05) is 6.92 Å². The zero-order valence-electron chi connectivity index (χ0n) is 12.2. The maximum Gasteiger partial charge on any atom is 0.315 e. The molecule has 1 aliphatic carbocycles. The standard InChI is InChI=1S/C15H22N2O4/c1-10(13-7-4-8-21-13)17-15(20)16-9-11-5-2-3-6-12(11)14(18)19/h4,7-8,10-12H,2-3,5-6,9H2,1H3,(H,18,19)(H2,16,17,20). The van der Waals surface area contributed by atoms with Crippen LogP contribution in [-0.2, 0) is 4.79 Å². The fraction of sp³-hybridized carbons (Fsp3) is 0.600. The lowest BCUT2D eigenvalue weighted by Gasteiger charge is -2.28. The summed E-state index contributed by atoms with van der Waals surface area (Å²) in [5.74, 6) is -0.403. The summed E-state index contributed by atoms with van der Waals surface area (Å²) in [5, 5.41) is 14.8. The smallest absolute Gasteiger partial charge is 0.315 e. The van der Waals surface area contributed by atoms with Crippen LogP contribution in [0.1, 0.15) is 44.4 Å². The first-order chi connectivity index (χ1) is 10.1. The molecule has 21 heavy (non-hydrogen) atoms. The van der Waals surface area contributed by atoms with E-state index in [0.717, 1.165) is 19.3 Å². The molecule has 2 rings (SSSR count). The van der Waals surface area contributed by atoms with Crippen LogP contribution in [0.3, 0.4) is 0 Å². The lowest BCUT2D eigenvalue weighted by Crippen LogP contribution is -2.42. The summed E-state index contributed by atoms with van der Waals surface area (Å²) in [4.78, 5) is 23.1. The van der Waals surface area contributed by atoms with Gasteiger partial charge in [-0.05, 0) is 37.8 Å². The van der Waals surface area contributed by atoms with Crippen LogP contribution in [0.2, 0.25) is 0 Å². The number of hydrogen-bond donors (Lipinski definition) is 3. The van der Waals surface area contributed by atoms with E-state index < -0.39 is 5.97 Å². The number of carboxylic acids is 1. The van der Waals surface area contributed by atoms with Crippen LogP contribution < -0.4 is 10.6 Å². The molecule has 1 heterocycles. The van der Waals surface area contributed by atoms with Crippen LogP contribution in [-0.4, -0.2) is 23.7 Å². The maximum absolute atomic E-state index is 11.9. The predicted octanol–water partition coefficient (Wildman–Crippen LogP) is 2.53. The van der Waals surface area contributed by atoms with Gasteiger partial charge in [0.25, 0.3) is 0 Å². The van der Waals surface area contributed by atoms with Gasteiger partial charge in [-0.1, -0.05) is 12.8 Å². The Balaban J connectivity index is 1.79. The average Bonchev–Trinajstić information content (AvgIpc) is 2.99. The number of carboxylic acid groups (broad SMARTS) is 1. The number of hydrogen-bond acceptors (Lipinski definition) is 3. The molecule has 0 saturated heterocycles. The number of amides is 2. The van der Waals surface area contributed by atoms with Gasteiger partial charge in [0.1, 0.15) is 5.76 Å². The van der Waals surface area contributed by atoms with Crippen LogP contribution in [0.5, 0.6) is 0 Å². The number of carbonyl (C=O) groups excluding carboxylic acids is 1. The normalized spacial score (nSPS) is 23.3. The summed E-state index contributed by atoms with van der Waals surface area (Å²) >= 11 is 0. The Hall–Kier alpha value is -1.98. The second kappa shape index (κ2) is 7.15. The largest absolute Gasteiger partial charge is 0.481 e. The summed E-state index contributed by atoms with van der Waals surface area (Å²) in [5.41, 5.74) is 0. The molecule has 3 atom stereocenters. The van der Waals surface area contributed by atoms with Gasteiger partial charge >= 0.3 is 12.0 Å². The highest BCUT2D eigenvalue weighted by Gasteiger charge is 2.30. The predicted molar refractivity (Wildman–Crippen MR) is 76.7 cm³/mol. The Morgan fingerprint density at radius 1 is 1.43 bits per heavy atom. The summed E-state index contributed by atoms with van der Waals surface area (Å²) in [6, 6.07) is 3.05. The third kappa shape index (κ3) is 4.24. The van der Waals surface area contributed by atoms with Gasteiger partial charge in [0.2, 0.25) is 0 Å². The molecule has 2 amide bonds. The Bertz CT molecular complexity index is 472. The van der Waals surface area contributed by atoms with E-state index in [1.165, 1.54) is 0 Å². The van der Waals surface area contributed by atoms with Crippen molar-refractivity contribution in [2.24, 2.45) is 11.8 Å². The summed E-state index contributed by atoms with van der Waals surface area (Å²) < 4.78 is 5.22. The van der Waals surface area contributed by atoms with Crippen LogP contribution >= 0.6 is 0 Å². The Morgan fingerprint density at radius 2 is 2.19 bits per heavy atom. The maximum atomic E-state index is 11.9.